The van der Waals surface area contributed by atoms with E-state index in [2.05, 4.69) is 27.5 Å². The van der Waals surface area contributed by atoms with Gasteiger partial charge in [0.15, 0.2) is 5.65 Å². The van der Waals surface area contributed by atoms with E-state index in [-0.39, 0.29) is 22.2 Å². The van der Waals surface area contributed by atoms with Crippen molar-refractivity contribution >= 4 is 34.4 Å². The van der Waals surface area contributed by atoms with Gasteiger partial charge in [0.2, 0.25) is 5.95 Å². The maximum Gasteiger partial charge on any atom is 0.416 e. The molecule has 2 N–H and O–H groups in total. The molecule has 0 spiro atoms. The molecule has 0 unspecified atom stereocenters. The lowest BCUT2D eigenvalue weighted by Gasteiger charge is -2.37. The van der Waals surface area contributed by atoms with Crippen molar-refractivity contribution in [2.24, 2.45) is 5.41 Å². The highest BCUT2D eigenvalue weighted by Gasteiger charge is 2.34. The van der Waals surface area contributed by atoms with Crippen molar-refractivity contribution in [2.45, 2.75) is 57.7 Å². The van der Waals surface area contributed by atoms with Crippen molar-refractivity contribution < 1.29 is 13.2 Å². The molecule has 1 aromatic carbocycles. The number of nitrogens with one attached hydrogen (secondary N) is 2. The summed E-state index contributed by atoms with van der Waals surface area (Å²) in [7, 11) is 0. The molecule has 2 aliphatic rings. The number of nitrogens with zero attached hydrogens (tertiary/aromatic N) is 4. The zero-order valence-electron chi connectivity index (χ0n) is 18.3. The third-order valence-corrected chi connectivity index (χ3v) is 7.00. The summed E-state index contributed by atoms with van der Waals surface area (Å²) in [4.78, 5) is 14.1. The van der Waals surface area contributed by atoms with Crippen molar-refractivity contribution in [3.8, 4) is 0 Å². The number of anilines is 2. The molecule has 3 heterocycles. The topological polar surface area (TPSA) is 67.7 Å². The third-order valence-electron chi connectivity index (χ3n) is 6.78. The molecule has 1 aliphatic carbocycles. The van der Waals surface area contributed by atoms with Gasteiger partial charge in [0.1, 0.15) is 11.3 Å². The van der Waals surface area contributed by atoms with Crippen LogP contribution in [0, 0.1) is 5.41 Å². The second-order valence-corrected chi connectivity index (χ2v) is 9.91. The minimum absolute atomic E-state index is 0.00710. The molecule has 0 amide bonds. The zero-order chi connectivity index (χ0) is 23.2. The predicted octanol–water partition coefficient (Wildman–Crippen LogP) is 5.90. The maximum atomic E-state index is 13.3. The van der Waals surface area contributed by atoms with Crippen molar-refractivity contribution in [1.82, 2.24) is 24.8 Å². The van der Waals surface area contributed by atoms with E-state index in [9.17, 15) is 13.2 Å². The zero-order valence-corrected chi connectivity index (χ0v) is 19.1. The summed E-state index contributed by atoms with van der Waals surface area (Å²) in [5, 5.41) is 6.44. The van der Waals surface area contributed by atoms with Gasteiger partial charge in [0.05, 0.1) is 11.8 Å². The number of piperidine rings is 1. The van der Waals surface area contributed by atoms with Crippen LogP contribution in [0.3, 0.4) is 0 Å². The van der Waals surface area contributed by atoms with E-state index in [4.69, 9.17) is 16.6 Å². The molecule has 10 heteroatoms. The van der Waals surface area contributed by atoms with E-state index >= 15 is 0 Å². The summed E-state index contributed by atoms with van der Waals surface area (Å²) in [5.74, 6) is 1.24. The number of hydrogen-bond acceptors (Lipinski definition) is 5. The number of rotatable bonds is 5. The SMILES string of the molecule is CC1(Cc2ncc3nc(Nc4cc(Cl)cc(C(F)(F)F)c4)n(C4CCNCC4)c3n2)CCC1. The minimum Gasteiger partial charge on any atom is -0.325 e. The van der Waals surface area contributed by atoms with E-state index in [0.717, 1.165) is 56.0 Å². The molecule has 3 aromatic rings. The molecule has 1 aliphatic heterocycles. The van der Waals surface area contributed by atoms with Gasteiger partial charge in [-0.1, -0.05) is 24.9 Å². The third kappa shape index (κ3) is 4.66. The number of halogens is 4. The Balaban J connectivity index is 1.55. The Bertz CT molecular complexity index is 1160. The first-order valence-electron chi connectivity index (χ1n) is 11.3. The molecular formula is C23H26ClF3N6. The normalized spacial score (nSPS) is 18.9. The lowest BCUT2D eigenvalue weighted by molar-refractivity contribution is -0.137. The Morgan fingerprint density at radius 2 is 1.94 bits per heavy atom. The Kier molecular flexibility index (Phi) is 5.73. The number of imidazole rings is 1. The van der Waals surface area contributed by atoms with Crippen LogP contribution >= 0.6 is 11.6 Å². The lowest BCUT2D eigenvalue weighted by atomic mass is 9.68. The van der Waals surface area contributed by atoms with E-state index in [1.54, 1.807) is 6.20 Å². The highest BCUT2D eigenvalue weighted by molar-refractivity contribution is 6.31. The molecule has 0 radical (unpaired) electrons. The van der Waals surface area contributed by atoms with Crippen molar-refractivity contribution in [3.63, 3.8) is 0 Å². The average molecular weight is 479 g/mol. The van der Waals surface area contributed by atoms with E-state index < -0.39 is 11.7 Å². The smallest absolute Gasteiger partial charge is 0.325 e. The van der Waals surface area contributed by atoms with Gasteiger partial charge in [-0.3, -0.25) is 4.57 Å². The fourth-order valence-corrected chi connectivity index (χ4v) is 5.04. The number of benzene rings is 1. The molecule has 6 nitrogen and oxygen atoms in total. The first kappa shape index (κ1) is 22.4. The second kappa shape index (κ2) is 8.43. The molecule has 0 bridgehead atoms. The average Bonchev–Trinajstić information content (AvgIpc) is 3.09. The molecule has 0 atom stereocenters. The summed E-state index contributed by atoms with van der Waals surface area (Å²) in [6, 6.07) is 3.56. The van der Waals surface area contributed by atoms with Gasteiger partial charge in [-0.2, -0.15) is 13.2 Å². The van der Waals surface area contributed by atoms with Crippen LogP contribution in [0.5, 0.6) is 0 Å². The monoisotopic (exact) mass is 478 g/mol. The lowest BCUT2D eigenvalue weighted by Crippen LogP contribution is -2.30. The Morgan fingerprint density at radius 1 is 1.18 bits per heavy atom. The number of aromatic nitrogens is 4. The molecule has 1 saturated carbocycles. The van der Waals surface area contributed by atoms with Gasteiger partial charge >= 0.3 is 6.18 Å². The van der Waals surface area contributed by atoms with Gasteiger partial charge in [0.25, 0.3) is 0 Å². The molecule has 176 valence electrons. The van der Waals surface area contributed by atoms with Crippen molar-refractivity contribution in [3.05, 3.63) is 40.8 Å². The molecular weight excluding hydrogens is 453 g/mol. The summed E-state index contributed by atoms with van der Waals surface area (Å²) >= 11 is 5.99. The van der Waals surface area contributed by atoms with Gasteiger partial charge in [0, 0.05) is 23.2 Å². The fraction of sp³-hybridized carbons (Fsp3) is 0.522. The van der Waals surface area contributed by atoms with Crippen LogP contribution in [0.2, 0.25) is 5.02 Å². The maximum absolute atomic E-state index is 13.3. The number of alkyl halides is 3. The van der Waals surface area contributed by atoms with Crippen LogP contribution in [0.4, 0.5) is 24.8 Å². The first-order chi connectivity index (χ1) is 15.7. The molecule has 2 aromatic heterocycles. The van der Waals surface area contributed by atoms with Gasteiger partial charge < -0.3 is 10.6 Å². The minimum atomic E-state index is -4.49. The largest absolute Gasteiger partial charge is 0.416 e. The van der Waals surface area contributed by atoms with Crippen LogP contribution in [-0.2, 0) is 12.6 Å². The van der Waals surface area contributed by atoms with E-state index in [1.807, 2.05) is 4.57 Å². The van der Waals surface area contributed by atoms with E-state index in [1.165, 1.54) is 25.3 Å². The summed E-state index contributed by atoms with van der Waals surface area (Å²) in [5.41, 5.74) is 1.00. The molecule has 2 fully saturated rings. The Morgan fingerprint density at radius 3 is 2.61 bits per heavy atom. The van der Waals surface area contributed by atoms with Gasteiger partial charge in [-0.15, -0.1) is 0 Å². The quantitative estimate of drug-likeness (QED) is 0.478. The van der Waals surface area contributed by atoms with Gasteiger partial charge in [-0.25, -0.2) is 15.0 Å². The standard InChI is InChI=1S/C23H26ClF3N6/c1-22(5-2-6-22)12-19-29-13-18-20(32-19)33(17-3-7-28-8-4-17)21(31-18)30-16-10-14(23(25,26)27)9-15(24)11-16/h9-11,13,17,28H,2-8,12H2,1H3,(H,30,31). The van der Waals surface area contributed by atoms with E-state index in [0.29, 0.717) is 11.5 Å². The Hall–Kier alpha value is -2.39. The van der Waals surface area contributed by atoms with Gasteiger partial charge in [-0.05, 0) is 62.4 Å². The predicted molar refractivity (Wildman–Crippen MR) is 122 cm³/mol. The highest BCUT2D eigenvalue weighted by atomic mass is 35.5. The van der Waals surface area contributed by atoms with Crippen molar-refractivity contribution in [2.75, 3.05) is 18.4 Å². The van der Waals surface area contributed by atoms with Crippen LogP contribution in [0.1, 0.15) is 56.5 Å². The summed E-state index contributed by atoms with van der Waals surface area (Å²) in [6.07, 6.45) is 3.37. The molecule has 5 rings (SSSR count). The number of hydrogen-bond donors (Lipinski definition) is 2. The first-order valence-corrected chi connectivity index (χ1v) is 11.7. The molecule has 33 heavy (non-hydrogen) atoms. The Labute approximate surface area is 195 Å². The second-order valence-electron chi connectivity index (χ2n) is 9.47. The molecule has 1 saturated heterocycles. The number of fused-ring (bicyclic) bond motifs is 1. The van der Waals surface area contributed by atoms with Crippen LogP contribution in [-0.4, -0.2) is 32.6 Å². The van der Waals surface area contributed by atoms with Crippen LogP contribution < -0.4 is 10.6 Å². The van der Waals surface area contributed by atoms with Crippen molar-refractivity contribution in [1.29, 1.82) is 0 Å². The summed E-state index contributed by atoms with van der Waals surface area (Å²) in [6.45, 7) is 3.98. The fourth-order valence-electron chi connectivity index (χ4n) is 4.80. The highest BCUT2D eigenvalue weighted by Crippen LogP contribution is 2.43. The van der Waals surface area contributed by atoms with Crippen LogP contribution in [0.15, 0.2) is 24.4 Å². The summed E-state index contributed by atoms with van der Waals surface area (Å²) < 4.78 is 41.9. The van der Waals surface area contributed by atoms with Crippen LogP contribution in [0.25, 0.3) is 11.2 Å².